The number of allylic oxidation sites excluding steroid dienone is 3. The molecule has 0 radical (unpaired) electrons. The lowest BCUT2D eigenvalue weighted by Crippen LogP contribution is -2.31. The molecular formula is C39H50F2N6O2S. The van der Waals surface area contributed by atoms with E-state index in [9.17, 15) is 5.26 Å². The fraction of sp³-hybridized carbons (Fsp3) is 0.436. The van der Waals surface area contributed by atoms with Crippen molar-refractivity contribution >= 4 is 32.3 Å². The number of rotatable bonds is 8. The van der Waals surface area contributed by atoms with Gasteiger partial charge in [-0.25, -0.2) is 8.78 Å². The van der Waals surface area contributed by atoms with Crippen LogP contribution in [-0.4, -0.2) is 30.5 Å². The number of hydrogen-bond acceptors (Lipinski definition) is 9. The van der Waals surface area contributed by atoms with Crippen LogP contribution in [0.3, 0.4) is 0 Å². The molecule has 1 unspecified atom stereocenters. The van der Waals surface area contributed by atoms with Gasteiger partial charge in [-0.2, -0.15) is 10.3 Å². The number of nitrogens with zero attached hydrogens (tertiary/aromatic N) is 3. The minimum Gasteiger partial charge on any atom is -0.471 e. The summed E-state index contributed by atoms with van der Waals surface area (Å²) in [7, 11) is 0. The SMILES string of the molecule is CC.CC/C=C(/N=C(/OCC1=CC=CNN1)c1c(C)c(F)c(-c2c(F)ccc3sc(N)c(C#N)c23)c2c1COC2)N1CCC(C)C1.CCCC. The van der Waals surface area contributed by atoms with Crippen LogP contribution in [0.4, 0.5) is 13.8 Å². The number of fused-ring (bicyclic) bond motifs is 2. The van der Waals surface area contributed by atoms with Gasteiger partial charge in [0, 0.05) is 46.1 Å². The number of thiophene rings is 1. The van der Waals surface area contributed by atoms with Crippen LogP contribution < -0.4 is 16.6 Å². The number of nitrogen functional groups attached to an aromatic ring is 1. The smallest absolute Gasteiger partial charge is 0.223 e. The molecule has 3 aromatic rings. The summed E-state index contributed by atoms with van der Waals surface area (Å²) in [5.74, 6) is 0.320. The van der Waals surface area contributed by atoms with E-state index in [1.165, 1.54) is 30.2 Å². The van der Waals surface area contributed by atoms with Gasteiger partial charge in [0.05, 0.1) is 24.5 Å². The second-order valence-electron chi connectivity index (χ2n) is 12.2. The first kappa shape index (κ1) is 38.4. The molecule has 50 heavy (non-hydrogen) atoms. The number of nitrogens with one attached hydrogen (secondary N) is 2. The van der Waals surface area contributed by atoms with Gasteiger partial charge < -0.3 is 31.0 Å². The fourth-order valence-corrected chi connectivity index (χ4v) is 7.00. The molecule has 2 aromatic carbocycles. The van der Waals surface area contributed by atoms with Gasteiger partial charge in [-0.1, -0.05) is 54.4 Å². The third-order valence-electron chi connectivity index (χ3n) is 8.72. The van der Waals surface area contributed by atoms with Crippen molar-refractivity contribution < 1.29 is 18.3 Å². The van der Waals surface area contributed by atoms with Crippen molar-refractivity contribution in [1.29, 1.82) is 5.26 Å². The zero-order valence-corrected chi connectivity index (χ0v) is 31.1. The lowest BCUT2D eigenvalue weighted by Gasteiger charge is -2.23. The minimum atomic E-state index is -0.635. The lowest BCUT2D eigenvalue weighted by molar-refractivity contribution is 0.134. The van der Waals surface area contributed by atoms with Crippen LogP contribution in [0.2, 0.25) is 0 Å². The van der Waals surface area contributed by atoms with Crippen molar-refractivity contribution in [2.75, 3.05) is 25.4 Å². The fourth-order valence-electron chi connectivity index (χ4n) is 6.08. The molecule has 11 heteroatoms. The van der Waals surface area contributed by atoms with Gasteiger partial charge >= 0.3 is 0 Å². The number of hydrogen-bond donors (Lipinski definition) is 3. The van der Waals surface area contributed by atoms with Crippen LogP contribution in [0.15, 0.2) is 53.1 Å². The largest absolute Gasteiger partial charge is 0.471 e. The van der Waals surface area contributed by atoms with Crippen LogP contribution in [-0.2, 0) is 22.7 Å². The number of likely N-dealkylation sites (tertiary alicyclic amines) is 1. The first-order chi connectivity index (χ1) is 24.2. The van der Waals surface area contributed by atoms with Crippen LogP contribution >= 0.6 is 11.3 Å². The average molecular weight is 705 g/mol. The molecule has 1 atom stereocenters. The second-order valence-corrected chi connectivity index (χ2v) is 13.3. The molecule has 3 aliphatic heterocycles. The van der Waals surface area contributed by atoms with Crippen molar-refractivity contribution in [1.82, 2.24) is 15.8 Å². The minimum absolute atomic E-state index is 0.0207. The second kappa shape index (κ2) is 18.0. The number of anilines is 1. The van der Waals surface area contributed by atoms with Crippen LogP contribution in [0.5, 0.6) is 0 Å². The number of unbranched alkanes of at least 4 members (excludes halogenated alkanes) is 1. The Labute approximate surface area is 299 Å². The Kier molecular flexibility index (Phi) is 13.8. The molecule has 1 aromatic heterocycles. The van der Waals surface area contributed by atoms with Gasteiger partial charge in [0.2, 0.25) is 5.90 Å². The van der Waals surface area contributed by atoms with Crippen molar-refractivity contribution in [3.8, 4) is 17.2 Å². The summed E-state index contributed by atoms with van der Waals surface area (Å²) >= 11 is 1.18. The molecule has 8 nitrogen and oxygen atoms in total. The van der Waals surface area contributed by atoms with Gasteiger partial charge in [-0.3, -0.25) is 0 Å². The van der Waals surface area contributed by atoms with E-state index >= 15 is 8.78 Å². The van der Waals surface area contributed by atoms with Gasteiger partial charge in [-0.05, 0) is 72.7 Å². The average Bonchev–Trinajstić information content (AvgIpc) is 3.87. The Hall–Kier alpha value is -4.40. The van der Waals surface area contributed by atoms with Crippen LogP contribution in [0.1, 0.15) is 95.0 Å². The zero-order chi connectivity index (χ0) is 36.4. The van der Waals surface area contributed by atoms with Crippen LogP contribution in [0.25, 0.3) is 21.2 Å². The number of aliphatic imine (C=N–C) groups is 1. The summed E-state index contributed by atoms with van der Waals surface area (Å²) in [6.45, 7) is 16.4. The summed E-state index contributed by atoms with van der Waals surface area (Å²) in [5.41, 5.74) is 15.1. The molecule has 0 aliphatic carbocycles. The zero-order valence-electron chi connectivity index (χ0n) is 30.3. The highest BCUT2D eigenvalue weighted by molar-refractivity contribution is 7.23. The van der Waals surface area contributed by atoms with E-state index in [0.717, 1.165) is 37.4 Å². The number of ether oxygens (including phenoxy) is 2. The Morgan fingerprint density at radius 3 is 2.54 bits per heavy atom. The predicted octanol–water partition coefficient (Wildman–Crippen LogP) is 9.33. The molecular weight excluding hydrogens is 655 g/mol. The number of nitriles is 1. The maximum atomic E-state index is 16.8. The number of nitrogens with two attached hydrogens (primary N) is 1. The number of halogens is 2. The highest BCUT2D eigenvalue weighted by Gasteiger charge is 2.33. The number of benzene rings is 2. The van der Waals surface area contributed by atoms with Gasteiger partial charge in [0.1, 0.15) is 35.1 Å². The third kappa shape index (κ3) is 8.14. The maximum Gasteiger partial charge on any atom is 0.223 e. The molecule has 1 fully saturated rings. The van der Waals surface area contributed by atoms with Gasteiger partial charge in [0.15, 0.2) is 0 Å². The highest BCUT2D eigenvalue weighted by Crippen LogP contribution is 2.46. The molecule has 4 heterocycles. The van der Waals surface area contributed by atoms with E-state index in [1.54, 1.807) is 19.2 Å². The number of hydrazine groups is 1. The van der Waals surface area contributed by atoms with Crippen LogP contribution in [0, 0.1) is 35.8 Å². The highest BCUT2D eigenvalue weighted by atomic mass is 32.1. The molecule has 0 saturated carbocycles. The Balaban J connectivity index is 0.000000875. The van der Waals surface area contributed by atoms with E-state index in [4.69, 9.17) is 20.2 Å². The first-order valence-corrected chi connectivity index (χ1v) is 18.4. The molecule has 1 saturated heterocycles. The van der Waals surface area contributed by atoms with E-state index < -0.39 is 11.6 Å². The van der Waals surface area contributed by atoms with E-state index in [2.05, 4.69) is 55.6 Å². The summed E-state index contributed by atoms with van der Waals surface area (Å²) in [4.78, 5) is 7.28. The predicted molar refractivity (Wildman–Crippen MR) is 201 cm³/mol. The van der Waals surface area contributed by atoms with Crippen molar-refractivity contribution in [3.05, 3.63) is 87.5 Å². The summed E-state index contributed by atoms with van der Waals surface area (Å²) in [6.07, 6.45) is 12.0. The maximum absolute atomic E-state index is 16.8. The van der Waals surface area contributed by atoms with Gasteiger partial charge in [-0.15, -0.1) is 11.3 Å². The monoisotopic (exact) mass is 704 g/mol. The normalized spacial score (nSPS) is 16.8. The van der Waals surface area contributed by atoms with Crippen molar-refractivity contribution in [3.63, 3.8) is 0 Å². The first-order valence-electron chi connectivity index (χ1n) is 17.6. The summed E-state index contributed by atoms with van der Waals surface area (Å²) < 4.78 is 45.5. The molecule has 4 N–H and O–H groups in total. The molecule has 6 rings (SSSR count). The van der Waals surface area contributed by atoms with Crippen molar-refractivity contribution in [2.24, 2.45) is 10.9 Å². The van der Waals surface area contributed by atoms with Gasteiger partial charge in [0.25, 0.3) is 0 Å². The molecule has 0 amide bonds. The Morgan fingerprint density at radius 2 is 1.92 bits per heavy atom. The molecule has 3 aliphatic rings. The quantitative estimate of drug-likeness (QED) is 0.158. The lowest BCUT2D eigenvalue weighted by atomic mass is 9.87. The van der Waals surface area contributed by atoms with Crippen molar-refractivity contribution in [2.45, 2.75) is 87.4 Å². The Morgan fingerprint density at radius 1 is 1.18 bits per heavy atom. The molecule has 0 bridgehead atoms. The summed E-state index contributed by atoms with van der Waals surface area (Å²) in [5, 5.41) is 10.5. The third-order valence-corrected chi connectivity index (χ3v) is 9.70. The Bertz CT molecular complexity index is 1840. The van der Waals surface area contributed by atoms with E-state index in [-0.39, 0.29) is 53.0 Å². The van der Waals surface area contributed by atoms with E-state index in [0.29, 0.717) is 32.7 Å². The standard InChI is InChI=1S/C33H34F2N6O2S.C4H10.C2H6/c1-4-6-26(41-12-10-18(2)14-41)39-33(43-15-20-7-5-11-38-40-20)27-19(3)31(35)29(23-17-42-16-22(23)27)30-24(34)8-9-25-28(30)21(13-36)32(37)44-25;1-3-4-2;1-2/h5-9,11,18,38,40H,4,10,12,14-17,37H2,1-3H3;3-4H2,1-2H3;1-2H3/b26-6-,39-33+;;. The summed E-state index contributed by atoms with van der Waals surface area (Å²) in [6, 6.07) is 4.96. The molecule has 0 spiro atoms. The topological polar surface area (TPSA) is 108 Å². The van der Waals surface area contributed by atoms with E-state index in [1.807, 2.05) is 26.0 Å². The molecule has 268 valence electrons.